The molecule has 0 atom stereocenters. The van der Waals surface area contributed by atoms with E-state index in [0.717, 1.165) is 18.1 Å². The van der Waals surface area contributed by atoms with E-state index in [1.165, 1.54) is 45.1 Å². The Labute approximate surface area is 99.8 Å². The molecule has 0 fully saturated rings. The third-order valence-corrected chi connectivity index (χ3v) is 3.18. The van der Waals surface area contributed by atoms with Crippen molar-refractivity contribution >= 4 is 11.8 Å². The molecule has 0 heterocycles. The molecule has 2 heteroatoms. The summed E-state index contributed by atoms with van der Waals surface area (Å²) in [4.78, 5) is 0. The van der Waals surface area contributed by atoms with Crippen molar-refractivity contribution in [2.75, 3.05) is 24.6 Å². The Morgan fingerprint density at radius 2 is 1.80 bits per heavy atom. The second-order valence-corrected chi connectivity index (χ2v) is 4.88. The molecular formula is C13H25NS. The van der Waals surface area contributed by atoms with Gasteiger partial charge in [-0.3, -0.25) is 0 Å². The first-order valence-electron chi connectivity index (χ1n) is 6.13. The van der Waals surface area contributed by atoms with Crippen LogP contribution in [0.2, 0.25) is 0 Å². The minimum atomic E-state index is 0.846. The summed E-state index contributed by atoms with van der Waals surface area (Å²) in [6.45, 7) is 4.53. The second kappa shape index (κ2) is 13.9. The zero-order chi connectivity index (χ0) is 11.2. The third kappa shape index (κ3) is 13.9. The van der Waals surface area contributed by atoms with Gasteiger partial charge in [-0.2, -0.15) is 0 Å². The van der Waals surface area contributed by atoms with Crippen LogP contribution < -0.4 is 5.32 Å². The highest BCUT2D eigenvalue weighted by atomic mass is 32.2. The predicted octanol–water partition coefficient (Wildman–Crippen LogP) is 3.30. The van der Waals surface area contributed by atoms with Gasteiger partial charge in [0.2, 0.25) is 0 Å². The van der Waals surface area contributed by atoms with E-state index in [1.54, 1.807) is 0 Å². The van der Waals surface area contributed by atoms with Gasteiger partial charge in [-0.1, -0.05) is 44.9 Å². The largest absolute Gasteiger partial charge is 0.316 e. The Kier molecular flexibility index (Phi) is 13.7. The van der Waals surface area contributed by atoms with Gasteiger partial charge in [-0.05, 0) is 13.0 Å². The summed E-state index contributed by atoms with van der Waals surface area (Å²) in [5.74, 6) is 4.62. The summed E-state index contributed by atoms with van der Waals surface area (Å²) in [7, 11) is 0. The van der Waals surface area contributed by atoms with E-state index >= 15 is 0 Å². The Bertz CT molecular complexity index is 151. The first-order valence-corrected chi connectivity index (χ1v) is 7.29. The van der Waals surface area contributed by atoms with Crippen molar-refractivity contribution in [3.05, 3.63) is 0 Å². The van der Waals surface area contributed by atoms with Crippen LogP contribution in [0.1, 0.15) is 45.4 Å². The van der Waals surface area contributed by atoms with Crippen LogP contribution in [0.3, 0.4) is 0 Å². The van der Waals surface area contributed by atoms with Gasteiger partial charge in [0.1, 0.15) is 0 Å². The molecule has 0 radical (unpaired) electrons. The first-order chi connectivity index (χ1) is 7.41. The second-order valence-electron chi connectivity index (χ2n) is 3.77. The van der Waals surface area contributed by atoms with Crippen molar-refractivity contribution in [3.63, 3.8) is 0 Å². The van der Waals surface area contributed by atoms with Crippen molar-refractivity contribution in [1.29, 1.82) is 0 Å². The van der Waals surface area contributed by atoms with E-state index < -0.39 is 0 Å². The van der Waals surface area contributed by atoms with Crippen LogP contribution in [0.15, 0.2) is 0 Å². The summed E-state index contributed by atoms with van der Waals surface area (Å²) in [6.07, 6.45) is 13.4. The zero-order valence-corrected chi connectivity index (χ0v) is 10.9. The lowest BCUT2D eigenvalue weighted by molar-refractivity contribution is 0.581. The summed E-state index contributed by atoms with van der Waals surface area (Å²) in [5.41, 5.74) is 0. The average molecular weight is 227 g/mol. The van der Waals surface area contributed by atoms with Gasteiger partial charge < -0.3 is 5.32 Å². The molecule has 0 rings (SSSR count). The summed E-state index contributed by atoms with van der Waals surface area (Å²) in [5, 5.41) is 3.45. The number of nitrogens with one attached hydrogen (secondary N) is 1. The zero-order valence-electron chi connectivity index (χ0n) is 10.1. The standard InChI is InChI=1S/C13H25NS/c1-3-5-6-7-8-9-10-14-11-13-15-12-4-2/h2,14H,3,5-13H2,1H3. The van der Waals surface area contributed by atoms with Gasteiger partial charge in [0, 0.05) is 12.3 Å². The Balaban J connectivity index is 2.84. The van der Waals surface area contributed by atoms with E-state index in [1.807, 2.05) is 11.8 Å². The highest BCUT2D eigenvalue weighted by Crippen LogP contribution is 2.04. The number of hydrogen-bond donors (Lipinski definition) is 1. The molecule has 0 amide bonds. The van der Waals surface area contributed by atoms with Gasteiger partial charge in [0.25, 0.3) is 0 Å². The SMILES string of the molecule is C#CCSCCNCCCCCCCC. The lowest BCUT2D eigenvalue weighted by Gasteiger charge is -2.03. The molecular weight excluding hydrogens is 202 g/mol. The molecule has 0 spiro atoms. The van der Waals surface area contributed by atoms with Crippen molar-refractivity contribution in [2.45, 2.75) is 45.4 Å². The molecule has 15 heavy (non-hydrogen) atoms. The van der Waals surface area contributed by atoms with Crippen molar-refractivity contribution < 1.29 is 0 Å². The third-order valence-electron chi connectivity index (χ3n) is 2.32. The van der Waals surface area contributed by atoms with E-state index in [-0.39, 0.29) is 0 Å². The molecule has 0 aliphatic rings. The average Bonchev–Trinajstić information content (AvgIpc) is 2.26. The maximum absolute atomic E-state index is 5.16. The van der Waals surface area contributed by atoms with Crippen LogP contribution in [0.4, 0.5) is 0 Å². The van der Waals surface area contributed by atoms with Crippen LogP contribution in [0.25, 0.3) is 0 Å². The lowest BCUT2D eigenvalue weighted by Crippen LogP contribution is -2.18. The summed E-state index contributed by atoms with van der Waals surface area (Å²) >= 11 is 1.83. The maximum atomic E-state index is 5.16. The van der Waals surface area contributed by atoms with Gasteiger partial charge in [0.15, 0.2) is 0 Å². The van der Waals surface area contributed by atoms with E-state index in [4.69, 9.17) is 6.42 Å². The van der Waals surface area contributed by atoms with Gasteiger partial charge in [-0.15, -0.1) is 18.2 Å². The highest BCUT2D eigenvalue weighted by Gasteiger charge is 1.90. The molecule has 0 saturated heterocycles. The predicted molar refractivity (Wildman–Crippen MR) is 72.4 cm³/mol. The maximum Gasteiger partial charge on any atom is 0.0545 e. The minimum Gasteiger partial charge on any atom is -0.316 e. The van der Waals surface area contributed by atoms with E-state index in [0.29, 0.717) is 0 Å². The molecule has 0 aromatic heterocycles. The quantitative estimate of drug-likeness (QED) is 0.429. The molecule has 1 N–H and O–H groups in total. The highest BCUT2D eigenvalue weighted by molar-refractivity contribution is 7.99. The molecule has 0 aromatic rings. The smallest absolute Gasteiger partial charge is 0.0545 e. The molecule has 0 bridgehead atoms. The van der Waals surface area contributed by atoms with Gasteiger partial charge in [-0.25, -0.2) is 0 Å². The number of terminal acetylenes is 1. The van der Waals surface area contributed by atoms with Crippen molar-refractivity contribution in [2.24, 2.45) is 0 Å². The van der Waals surface area contributed by atoms with Crippen LogP contribution >= 0.6 is 11.8 Å². The first kappa shape index (κ1) is 14.9. The monoisotopic (exact) mass is 227 g/mol. The lowest BCUT2D eigenvalue weighted by atomic mass is 10.1. The molecule has 0 saturated carbocycles. The normalized spacial score (nSPS) is 10.1. The number of thioether (sulfide) groups is 1. The van der Waals surface area contributed by atoms with Crippen molar-refractivity contribution in [3.8, 4) is 12.3 Å². The molecule has 0 unspecified atom stereocenters. The molecule has 1 nitrogen and oxygen atoms in total. The van der Waals surface area contributed by atoms with Crippen LogP contribution in [-0.4, -0.2) is 24.6 Å². The van der Waals surface area contributed by atoms with Gasteiger partial charge >= 0.3 is 0 Å². The topological polar surface area (TPSA) is 12.0 Å². The minimum absolute atomic E-state index is 0.846. The Morgan fingerprint density at radius 3 is 2.53 bits per heavy atom. The Morgan fingerprint density at radius 1 is 1.07 bits per heavy atom. The van der Waals surface area contributed by atoms with E-state index in [2.05, 4.69) is 18.2 Å². The number of rotatable bonds is 11. The fraction of sp³-hybridized carbons (Fsp3) is 0.846. The van der Waals surface area contributed by atoms with Crippen molar-refractivity contribution in [1.82, 2.24) is 5.32 Å². The fourth-order valence-electron chi connectivity index (χ4n) is 1.43. The van der Waals surface area contributed by atoms with Crippen LogP contribution in [0, 0.1) is 12.3 Å². The summed E-state index contributed by atoms with van der Waals surface area (Å²) in [6, 6.07) is 0. The molecule has 0 aliphatic carbocycles. The van der Waals surface area contributed by atoms with E-state index in [9.17, 15) is 0 Å². The summed E-state index contributed by atoms with van der Waals surface area (Å²) < 4.78 is 0. The molecule has 0 aromatic carbocycles. The molecule has 0 aliphatic heterocycles. The van der Waals surface area contributed by atoms with Crippen LogP contribution in [0.5, 0.6) is 0 Å². The van der Waals surface area contributed by atoms with Gasteiger partial charge in [0.05, 0.1) is 5.75 Å². The van der Waals surface area contributed by atoms with Crippen LogP contribution in [-0.2, 0) is 0 Å². The fourth-order valence-corrected chi connectivity index (χ4v) is 1.98. The molecule has 88 valence electrons. The number of unbranched alkanes of at least 4 members (excludes halogenated alkanes) is 5. The number of hydrogen-bond acceptors (Lipinski definition) is 2. The Hall–Kier alpha value is -0.130.